The maximum Gasteiger partial charge on any atom is 0.469 e. The van der Waals surface area contributed by atoms with E-state index in [1.807, 2.05) is 0 Å². The van der Waals surface area contributed by atoms with Gasteiger partial charge in [0.05, 0.1) is 0 Å². The quantitative estimate of drug-likeness (QED) is 0.0705. The van der Waals surface area contributed by atoms with Crippen LogP contribution in [0.3, 0.4) is 0 Å². The summed E-state index contributed by atoms with van der Waals surface area (Å²) < 4.78 is 72.0. The Kier molecular flexibility index (Phi) is 18.2. The average molecular weight is 483 g/mol. The maximum atomic E-state index is 13.7. The lowest BCUT2D eigenvalue weighted by Crippen LogP contribution is -2.50. The lowest BCUT2D eigenvalue weighted by Gasteiger charge is -2.28. The molecule has 0 aliphatic heterocycles. The summed E-state index contributed by atoms with van der Waals surface area (Å²) in [5.41, 5.74) is 0. The first kappa shape index (κ1) is 31.6. The van der Waals surface area contributed by atoms with E-state index in [1.54, 1.807) is 6.92 Å². The van der Waals surface area contributed by atoms with Crippen LogP contribution in [0, 0.1) is 0 Å². The van der Waals surface area contributed by atoms with Gasteiger partial charge in [-0.25, -0.2) is 4.39 Å². The third kappa shape index (κ3) is 15.2. The van der Waals surface area contributed by atoms with Crippen molar-refractivity contribution in [3.63, 3.8) is 0 Å². The number of ether oxygens (including phenoxy) is 1. The Morgan fingerprint density at radius 1 is 0.758 bits per heavy atom. The molecule has 0 bridgehead atoms. The summed E-state index contributed by atoms with van der Waals surface area (Å²) >= 11 is 0. The predicted octanol–water partition coefficient (Wildman–Crippen LogP) is 9.49. The largest absolute Gasteiger partial charge is 0.469 e. The average Bonchev–Trinajstić information content (AvgIpc) is 2.76. The van der Waals surface area contributed by atoms with Crippen molar-refractivity contribution < 1.29 is 31.5 Å². The van der Waals surface area contributed by atoms with E-state index in [0.29, 0.717) is 19.3 Å². The second-order valence-electron chi connectivity index (χ2n) is 8.56. The molecule has 194 valence electrons. The zero-order chi connectivity index (χ0) is 25.0. The lowest BCUT2D eigenvalue weighted by molar-refractivity contribution is -0.346. The van der Waals surface area contributed by atoms with Crippen molar-refractivity contribution in [2.24, 2.45) is 0 Å². The van der Waals surface area contributed by atoms with Crippen molar-refractivity contribution in [3.8, 4) is 0 Å². The number of esters is 1. The van der Waals surface area contributed by atoms with E-state index in [-0.39, 0.29) is 19.3 Å². The molecule has 0 spiro atoms. The summed E-state index contributed by atoms with van der Waals surface area (Å²) in [7, 11) is 0. The minimum Gasteiger partial charge on any atom is -0.396 e. The summed E-state index contributed by atoms with van der Waals surface area (Å²) in [5.74, 6) is -6.46. The van der Waals surface area contributed by atoms with E-state index in [2.05, 4.69) is 36.0 Å². The molecule has 0 aliphatic rings. The van der Waals surface area contributed by atoms with Crippen LogP contribution in [0.5, 0.6) is 0 Å². The molecule has 0 aromatic carbocycles. The number of carbonyl (C=O) groups excluding carboxylic acids is 1. The maximum absolute atomic E-state index is 13.7. The molecule has 0 saturated carbocycles. The summed E-state index contributed by atoms with van der Waals surface area (Å²) in [5, 5.41) is 0. The van der Waals surface area contributed by atoms with Crippen LogP contribution >= 0.6 is 0 Å². The van der Waals surface area contributed by atoms with E-state index in [0.717, 1.165) is 38.5 Å². The van der Waals surface area contributed by atoms with Crippen LogP contribution in [0.1, 0.15) is 117 Å². The lowest BCUT2D eigenvalue weighted by atomic mass is 10.1. The second-order valence-corrected chi connectivity index (χ2v) is 8.56. The molecule has 7 heteroatoms. The standard InChI is InChI=1S/C26H43F5O2/c1-3-5-7-8-9-10-11-12-13-14-15-16-17-18-20-22-24(32)33-26(30,31)25(28,29)23(27)21-19-6-4-2/h9-10,12-13,23H,3-8,11,14-22H2,1-2H3/b10-9-,13-12-. The first-order chi connectivity index (χ1) is 15.7. The highest BCUT2D eigenvalue weighted by molar-refractivity contribution is 5.69. The summed E-state index contributed by atoms with van der Waals surface area (Å²) in [6.07, 6.45) is 10.9. The van der Waals surface area contributed by atoms with Gasteiger partial charge in [-0.2, -0.15) is 17.6 Å². The van der Waals surface area contributed by atoms with Crippen LogP contribution in [-0.2, 0) is 9.53 Å². The number of hydrogen-bond acceptors (Lipinski definition) is 2. The van der Waals surface area contributed by atoms with Crippen LogP contribution in [0.2, 0.25) is 0 Å². The first-order valence-corrected chi connectivity index (χ1v) is 12.6. The summed E-state index contributed by atoms with van der Waals surface area (Å²) in [6, 6.07) is 0. The molecule has 0 fully saturated rings. The number of unbranched alkanes of at least 4 members (excludes halogenated alkanes) is 10. The minimum atomic E-state index is -5.15. The topological polar surface area (TPSA) is 26.3 Å². The van der Waals surface area contributed by atoms with Crippen molar-refractivity contribution in [2.45, 2.75) is 135 Å². The monoisotopic (exact) mass is 482 g/mol. The number of allylic oxidation sites excluding steroid dienone is 4. The number of alkyl halides is 5. The highest BCUT2D eigenvalue weighted by Crippen LogP contribution is 2.41. The fourth-order valence-corrected chi connectivity index (χ4v) is 3.28. The molecule has 0 rings (SSSR count). The zero-order valence-electron chi connectivity index (χ0n) is 20.4. The minimum absolute atomic E-state index is 0.0727. The number of hydrogen-bond donors (Lipinski definition) is 0. The number of carbonyl (C=O) groups is 1. The predicted molar refractivity (Wildman–Crippen MR) is 124 cm³/mol. The third-order valence-electron chi connectivity index (χ3n) is 5.42. The fourth-order valence-electron chi connectivity index (χ4n) is 3.28. The van der Waals surface area contributed by atoms with E-state index in [4.69, 9.17) is 0 Å². The normalized spacial score (nSPS) is 13.8. The highest BCUT2D eigenvalue weighted by atomic mass is 19.3. The Morgan fingerprint density at radius 2 is 1.27 bits per heavy atom. The summed E-state index contributed by atoms with van der Waals surface area (Å²) in [4.78, 5) is 11.5. The summed E-state index contributed by atoms with van der Waals surface area (Å²) in [6.45, 7) is 3.97. The number of rotatable bonds is 21. The van der Waals surface area contributed by atoms with Gasteiger partial charge in [0.2, 0.25) is 0 Å². The van der Waals surface area contributed by atoms with Crippen LogP contribution in [0.25, 0.3) is 0 Å². The van der Waals surface area contributed by atoms with Crippen molar-refractivity contribution in [1.82, 2.24) is 0 Å². The van der Waals surface area contributed by atoms with Gasteiger partial charge in [0.1, 0.15) is 0 Å². The van der Waals surface area contributed by atoms with Gasteiger partial charge < -0.3 is 4.74 Å². The molecule has 0 radical (unpaired) electrons. The van der Waals surface area contributed by atoms with Crippen LogP contribution in [0.4, 0.5) is 22.0 Å². The Bertz CT molecular complexity index is 547. The van der Waals surface area contributed by atoms with E-state index in [1.165, 1.54) is 19.3 Å². The van der Waals surface area contributed by atoms with Gasteiger partial charge in [-0.3, -0.25) is 4.79 Å². The molecule has 0 amide bonds. The van der Waals surface area contributed by atoms with Crippen LogP contribution < -0.4 is 0 Å². The second kappa shape index (κ2) is 19.0. The Balaban J connectivity index is 3.91. The molecule has 33 heavy (non-hydrogen) atoms. The van der Waals surface area contributed by atoms with Crippen molar-refractivity contribution in [2.75, 3.05) is 0 Å². The van der Waals surface area contributed by atoms with Crippen molar-refractivity contribution in [1.29, 1.82) is 0 Å². The molecule has 0 aliphatic carbocycles. The molecule has 1 unspecified atom stereocenters. The molecule has 1 atom stereocenters. The van der Waals surface area contributed by atoms with E-state index in [9.17, 15) is 26.7 Å². The first-order valence-electron chi connectivity index (χ1n) is 12.6. The van der Waals surface area contributed by atoms with Crippen molar-refractivity contribution >= 4 is 5.97 Å². The van der Waals surface area contributed by atoms with Gasteiger partial charge in [-0.1, -0.05) is 89.5 Å². The fraction of sp³-hybridized carbons (Fsp3) is 0.808. The van der Waals surface area contributed by atoms with E-state index < -0.39 is 30.6 Å². The van der Waals surface area contributed by atoms with Crippen molar-refractivity contribution in [3.05, 3.63) is 24.3 Å². The van der Waals surface area contributed by atoms with Crippen LogP contribution in [0.15, 0.2) is 24.3 Å². The zero-order valence-corrected chi connectivity index (χ0v) is 20.4. The van der Waals surface area contributed by atoms with Gasteiger partial charge in [0, 0.05) is 6.42 Å². The van der Waals surface area contributed by atoms with Gasteiger partial charge in [0.25, 0.3) is 0 Å². The smallest absolute Gasteiger partial charge is 0.396 e. The third-order valence-corrected chi connectivity index (χ3v) is 5.42. The molecule has 0 aromatic rings. The molecular formula is C26H43F5O2. The molecular weight excluding hydrogens is 439 g/mol. The highest BCUT2D eigenvalue weighted by Gasteiger charge is 2.65. The Morgan fingerprint density at radius 3 is 1.88 bits per heavy atom. The molecule has 0 heterocycles. The van der Waals surface area contributed by atoms with Gasteiger partial charge >= 0.3 is 18.0 Å². The van der Waals surface area contributed by atoms with Gasteiger partial charge in [-0.15, -0.1) is 0 Å². The Hall–Kier alpha value is -1.40. The van der Waals surface area contributed by atoms with Crippen LogP contribution in [-0.4, -0.2) is 24.2 Å². The van der Waals surface area contributed by atoms with Gasteiger partial charge in [0.15, 0.2) is 6.17 Å². The molecule has 2 nitrogen and oxygen atoms in total. The molecule has 0 aromatic heterocycles. The SMILES string of the molecule is CCCCC/C=C\C/C=C\CCCCCCCC(=O)OC(F)(F)C(F)(F)C(F)CCCCC. The van der Waals surface area contributed by atoms with Gasteiger partial charge in [-0.05, 0) is 44.9 Å². The Labute approximate surface area is 197 Å². The van der Waals surface area contributed by atoms with E-state index >= 15 is 0 Å². The molecule has 0 N–H and O–H groups in total. The number of halogens is 5. The molecule has 0 saturated heterocycles.